The van der Waals surface area contributed by atoms with Crippen LogP contribution in [0.15, 0.2) is 0 Å². The van der Waals surface area contributed by atoms with E-state index in [0.29, 0.717) is 12.6 Å². The van der Waals surface area contributed by atoms with Crippen molar-refractivity contribution in [2.45, 2.75) is 44.6 Å². The maximum absolute atomic E-state index is 11.9. The van der Waals surface area contributed by atoms with E-state index in [2.05, 4.69) is 16.9 Å². The minimum absolute atomic E-state index is 0.109. The topological polar surface area (TPSA) is 42.4 Å². The standard InChI is InChI=1S/C13H18N2O2S/c1-3-17-12(16)9-6-7-10-11(9)14-13(18-10)15(2)8-4-5-8/h8-9H,3-7H2,1-2H3. The van der Waals surface area contributed by atoms with Gasteiger partial charge in [-0.3, -0.25) is 4.79 Å². The molecular formula is C13H18N2O2S. The Bertz CT molecular complexity index is 468. The van der Waals surface area contributed by atoms with Crippen molar-refractivity contribution in [1.82, 2.24) is 4.98 Å². The van der Waals surface area contributed by atoms with Crippen molar-refractivity contribution in [3.63, 3.8) is 0 Å². The normalized spacial score (nSPS) is 21.8. The van der Waals surface area contributed by atoms with Gasteiger partial charge in [-0.15, -0.1) is 11.3 Å². The third-order valence-corrected chi connectivity index (χ3v) is 4.90. The van der Waals surface area contributed by atoms with E-state index in [-0.39, 0.29) is 11.9 Å². The lowest BCUT2D eigenvalue weighted by molar-refractivity contribution is -0.145. The van der Waals surface area contributed by atoms with E-state index in [4.69, 9.17) is 4.74 Å². The van der Waals surface area contributed by atoms with Gasteiger partial charge in [0.15, 0.2) is 5.13 Å². The number of anilines is 1. The molecule has 18 heavy (non-hydrogen) atoms. The van der Waals surface area contributed by atoms with Crippen LogP contribution in [0.5, 0.6) is 0 Å². The monoisotopic (exact) mass is 266 g/mol. The first-order valence-corrected chi connectivity index (χ1v) is 7.41. The maximum atomic E-state index is 11.9. The molecule has 2 aliphatic rings. The Morgan fingerprint density at radius 3 is 2.94 bits per heavy atom. The molecule has 0 spiro atoms. The van der Waals surface area contributed by atoms with Crippen LogP contribution in [0.3, 0.4) is 0 Å². The molecule has 1 atom stereocenters. The molecule has 0 bridgehead atoms. The van der Waals surface area contributed by atoms with Gasteiger partial charge in [-0.05, 0) is 32.6 Å². The van der Waals surface area contributed by atoms with Gasteiger partial charge >= 0.3 is 5.97 Å². The van der Waals surface area contributed by atoms with Crippen LogP contribution in [0.4, 0.5) is 5.13 Å². The first-order valence-electron chi connectivity index (χ1n) is 6.59. The number of hydrogen-bond acceptors (Lipinski definition) is 5. The smallest absolute Gasteiger partial charge is 0.315 e. The second-order valence-electron chi connectivity index (χ2n) is 4.99. The van der Waals surface area contributed by atoms with Crippen LogP contribution in [-0.4, -0.2) is 30.6 Å². The number of esters is 1. The van der Waals surface area contributed by atoms with Gasteiger partial charge in [-0.1, -0.05) is 0 Å². The van der Waals surface area contributed by atoms with E-state index >= 15 is 0 Å². The van der Waals surface area contributed by atoms with E-state index in [1.807, 2.05) is 6.92 Å². The molecule has 0 radical (unpaired) electrons. The van der Waals surface area contributed by atoms with Crippen LogP contribution in [0, 0.1) is 0 Å². The van der Waals surface area contributed by atoms with E-state index in [9.17, 15) is 4.79 Å². The highest BCUT2D eigenvalue weighted by atomic mass is 32.1. The highest BCUT2D eigenvalue weighted by Crippen LogP contribution is 2.41. The molecule has 1 fully saturated rings. The number of aromatic nitrogens is 1. The Kier molecular flexibility index (Phi) is 3.01. The molecule has 0 amide bonds. The number of aryl methyl sites for hydroxylation is 1. The fourth-order valence-corrected chi connectivity index (χ4v) is 3.63. The molecule has 4 nitrogen and oxygen atoms in total. The van der Waals surface area contributed by atoms with Gasteiger partial charge in [-0.2, -0.15) is 0 Å². The zero-order valence-corrected chi connectivity index (χ0v) is 11.6. The van der Waals surface area contributed by atoms with Crippen LogP contribution in [0.1, 0.15) is 42.7 Å². The van der Waals surface area contributed by atoms with Crippen molar-refractivity contribution in [3.8, 4) is 0 Å². The summed E-state index contributed by atoms with van der Waals surface area (Å²) in [5, 5.41) is 1.07. The van der Waals surface area contributed by atoms with E-state index in [1.54, 1.807) is 11.3 Å². The summed E-state index contributed by atoms with van der Waals surface area (Å²) in [4.78, 5) is 20.1. The van der Waals surface area contributed by atoms with Crippen LogP contribution in [-0.2, 0) is 16.0 Å². The Labute approximate surface area is 111 Å². The van der Waals surface area contributed by atoms with Crippen LogP contribution in [0.25, 0.3) is 0 Å². The summed E-state index contributed by atoms with van der Waals surface area (Å²) in [6.07, 6.45) is 4.36. The number of nitrogens with zero attached hydrogens (tertiary/aromatic N) is 2. The predicted molar refractivity (Wildman–Crippen MR) is 71.2 cm³/mol. The highest BCUT2D eigenvalue weighted by molar-refractivity contribution is 7.15. The summed E-state index contributed by atoms with van der Waals surface area (Å²) < 4.78 is 5.12. The van der Waals surface area contributed by atoms with Crippen molar-refractivity contribution in [2.75, 3.05) is 18.6 Å². The molecule has 5 heteroatoms. The average Bonchev–Trinajstić information content (AvgIpc) is 2.98. The SMILES string of the molecule is CCOC(=O)C1CCc2sc(N(C)C3CC3)nc21. The van der Waals surface area contributed by atoms with Gasteiger partial charge in [0.25, 0.3) is 0 Å². The largest absolute Gasteiger partial charge is 0.465 e. The zero-order chi connectivity index (χ0) is 12.7. The van der Waals surface area contributed by atoms with Crippen molar-refractivity contribution in [1.29, 1.82) is 0 Å². The van der Waals surface area contributed by atoms with Gasteiger partial charge in [0.05, 0.1) is 12.3 Å². The Morgan fingerprint density at radius 1 is 1.50 bits per heavy atom. The quantitative estimate of drug-likeness (QED) is 0.784. The molecular weight excluding hydrogens is 248 g/mol. The molecule has 0 aliphatic heterocycles. The number of carbonyl (C=O) groups excluding carboxylic acids is 1. The number of ether oxygens (including phenoxy) is 1. The van der Waals surface area contributed by atoms with Gasteiger partial charge in [-0.25, -0.2) is 4.98 Å². The lowest BCUT2D eigenvalue weighted by Crippen LogP contribution is -2.20. The molecule has 98 valence electrons. The van der Waals surface area contributed by atoms with Crippen LogP contribution >= 0.6 is 11.3 Å². The lowest BCUT2D eigenvalue weighted by Gasteiger charge is -2.14. The Morgan fingerprint density at radius 2 is 2.28 bits per heavy atom. The van der Waals surface area contributed by atoms with Crippen LogP contribution < -0.4 is 4.90 Å². The molecule has 1 unspecified atom stereocenters. The zero-order valence-electron chi connectivity index (χ0n) is 10.8. The molecule has 3 rings (SSSR count). The number of carbonyl (C=O) groups is 1. The fraction of sp³-hybridized carbons (Fsp3) is 0.692. The van der Waals surface area contributed by atoms with E-state index in [1.165, 1.54) is 17.7 Å². The molecule has 1 aromatic heterocycles. The molecule has 0 N–H and O–H groups in total. The van der Waals surface area contributed by atoms with Gasteiger partial charge in [0, 0.05) is 18.0 Å². The van der Waals surface area contributed by atoms with Crippen molar-refractivity contribution in [2.24, 2.45) is 0 Å². The third-order valence-electron chi connectivity index (χ3n) is 3.67. The van der Waals surface area contributed by atoms with E-state index in [0.717, 1.165) is 23.7 Å². The number of fused-ring (bicyclic) bond motifs is 1. The van der Waals surface area contributed by atoms with E-state index < -0.39 is 0 Å². The second-order valence-corrected chi connectivity index (χ2v) is 6.05. The number of thiazole rings is 1. The van der Waals surface area contributed by atoms with Gasteiger partial charge < -0.3 is 9.64 Å². The molecule has 1 aromatic rings. The summed E-state index contributed by atoms with van der Waals surface area (Å²) in [5.41, 5.74) is 0.973. The highest BCUT2D eigenvalue weighted by Gasteiger charge is 2.35. The number of hydrogen-bond donors (Lipinski definition) is 0. The van der Waals surface area contributed by atoms with Gasteiger partial charge in [0.2, 0.25) is 0 Å². The summed E-state index contributed by atoms with van der Waals surface area (Å²) in [6.45, 7) is 2.30. The summed E-state index contributed by atoms with van der Waals surface area (Å²) in [7, 11) is 2.10. The molecule has 2 aliphatic carbocycles. The first kappa shape index (κ1) is 12.0. The Hall–Kier alpha value is -1.10. The van der Waals surface area contributed by atoms with Crippen molar-refractivity contribution in [3.05, 3.63) is 10.6 Å². The maximum Gasteiger partial charge on any atom is 0.315 e. The third kappa shape index (κ3) is 2.00. The second kappa shape index (κ2) is 4.53. The van der Waals surface area contributed by atoms with Crippen molar-refractivity contribution >= 4 is 22.4 Å². The van der Waals surface area contributed by atoms with Crippen molar-refractivity contribution < 1.29 is 9.53 Å². The molecule has 1 saturated carbocycles. The predicted octanol–water partition coefficient (Wildman–Crippen LogP) is 2.33. The molecule has 0 aromatic carbocycles. The first-order chi connectivity index (χ1) is 8.70. The Balaban J connectivity index is 1.80. The molecule has 0 saturated heterocycles. The minimum atomic E-state index is -0.127. The summed E-state index contributed by atoms with van der Waals surface area (Å²) in [6, 6.07) is 0.664. The lowest BCUT2D eigenvalue weighted by atomic mass is 10.1. The summed E-state index contributed by atoms with van der Waals surface area (Å²) in [5.74, 6) is -0.236. The average molecular weight is 266 g/mol. The number of rotatable bonds is 4. The van der Waals surface area contributed by atoms with Gasteiger partial charge in [0.1, 0.15) is 5.92 Å². The van der Waals surface area contributed by atoms with Crippen LogP contribution in [0.2, 0.25) is 0 Å². The fourth-order valence-electron chi connectivity index (χ4n) is 2.46. The minimum Gasteiger partial charge on any atom is -0.465 e. The molecule has 1 heterocycles. The summed E-state index contributed by atoms with van der Waals surface area (Å²) >= 11 is 1.74.